The molecular formula is C27H29BrN2O6. The summed E-state index contributed by atoms with van der Waals surface area (Å²) in [5.74, 6) is -0.0147. The molecule has 5 rings (SSSR count). The number of nitrogens with zero attached hydrogens (tertiary/aromatic N) is 2. The second-order valence-corrected chi connectivity index (χ2v) is 10.2. The van der Waals surface area contributed by atoms with E-state index in [9.17, 15) is 14.7 Å². The Labute approximate surface area is 217 Å². The minimum absolute atomic E-state index is 0.0405. The third kappa shape index (κ3) is 4.29. The van der Waals surface area contributed by atoms with Gasteiger partial charge in [0.15, 0.2) is 16.9 Å². The second kappa shape index (κ2) is 9.88. The smallest absolute Gasteiger partial charge is 0.290 e. The molecular weight excluding hydrogens is 528 g/mol. The van der Waals surface area contributed by atoms with Gasteiger partial charge in [0, 0.05) is 26.2 Å². The van der Waals surface area contributed by atoms with Crippen LogP contribution in [0.25, 0.3) is 11.0 Å². The lowest BCUT2D eigenvalue weighted by Gasteiger charge is -2.29. The summed E-state index contributed by atoms with van der Waals surface area (Å²) in [7, 11) is 1.46. The van der Waals surface area contributed by atoms with E-state index in [4.69, 9.17) is 13.9 Å². The van der Waals surface area contributed by atoms with E-state index in [0.29, 0.717) is 46.3 Å². The number of carbonyl (C=O) groups is 1. The SMILES string of the molecule is COc1cc(C2c3c(oc4cc(C)c(C)cc4c3=O)C(=O)N2CCCN2CCOCC2)cc(Br)c1O. The van der Waals surface area contributed by atoms with E-state index < -0.39 is 6.04 Å². The van der Waals surface area contributed by atoms with Crippen molar-refractivity contribution >= 4 is 32.8 Å². The van der Waals surface area contributed by atoms with E-state index >= 15 is 0 Å². The molecule has 2 aliphatic heterocycles. The Balaban J connectivity index is 1.61. The summed E-state index contributed by atoms with van der Waals surface area (Å²) in [6.07, 6.45) is 0.735. The Hall–Kier alpha value is -2.88. The number of fused-ring (bicyclic) bond motifs is 2. The van der Waals surface area contributed by atoms with E-state index in [-0.39, 0.29) is 28.6 Å². The summed E-state index contributed by atoms with van der Waals surface area (Å²) < 4.78 is 17.3. The van der Waals surface area contributed by atoms with E-state index in [2.05, 4.69) is 20.8 Å². The van der Waals surface area contributed by atoms with Crippen molar-refractivity contribution in [3.63, 3.8) is 0 Å². The van der Waals surface area contributed by atoms with Crippen LogP contribution in [0.2, 0.25) is 0 Å². The summed E-state index contributed by atoms with van der Waals surface area (Å²) in [5, 5.41) is 10.8. The summed E-state index contributed by atoms with van der Waals surface area (Å²) in [6.45, 7) is 8.31. The second-order valence-electron chi connectivity index (χ2n) is 9.37. The predicted octanol–water partition coefficient (Wildman–Crippen LogP) is 4.15. The number of carbonyl (C=O) groups excluding carboxylic acids is 1. The molecule has 9 heteroatoms. The van der Waals surface area contributed by atoms with Gasteiger partial charge in [-0.05, 0) is 77.2 Å². The van der Waals surface area contributed by atoms with Crippen LogP contribution < -0.4 is 10.2 Å². The van der Waals surface area contributed by atoms with Gasteiger partial charge >= 0.3 is 0 Å². The van der Waals surface area contributed by atoms with Gasteiger partial charge in [-0.1, -0.05) is 0 Å². The first-order valence-corrected chi connectivity index (χ1v) is 12.8. The summed E-state index contributed by atoms with van der Waals surface area (Å²) >= 11 is 3.39. The van der Waals surface area contributed by atoms with Crippen molar-refractivity contribution in [1.29, 1.82) is 0 Å². The third-order valence-electron chi connectivity index (χ3n) is 7.15. The number of aromatic hydroxyl groups is 1. The number of benzene rings is 2. The maximum absolute atomic E-state index is 13.8. The van der Waals surface area contributed by atoms with Gasteiger partial charge in [-0.3, -0.25) is 14.5 Å². The lowest BCUT2D eigenvalue weighted by atomic mass is 9.97. The van der Waals surface area contributed by atoms with Crippen molar-refractivity contribution in [2.24, 2.45) is 0 Å². The molecule has 3 aromatic rings. The van der Waals surface area contributed by atoms with Gasteiger partial charge in [0.1, 0.15) is 5.58 Å². The van der Waals surface area contributed by atoms with E-state index in [1.54, 1.807) is 17.0 Å². The lowest BCUT2D eigenvalue weighted by molar-refractivity contribution is 0.0353. The predicted molar refractivity (Wildman–Crippen MR) is 139 cm³/mol. The minimum atomic E-state index is -0.662. The number of methoxy groups -OCH3 is 1. The molecule has 2 aromatic carbocycles. The van der Waals surface area contributed by atoms with Crippen LogP contribution in [0.3, 0.4) is 0 Å². The van der Waals surface area contributed by atoms with Crippen LogP contribution in [0.1, 0.15) is 45.3 Å². The average Bonchev–Trinajstić information content (AvgIpc) is 3.14. The number of amides is 1. The van der Waals surface area contributed by atoms with Crippen LogP contribution in [-0.4, -0.2) is 67.3 Å². The molecule has 0 bridgehead atoms. The Morgan fingerprint density at radius 3 is 2.53 bits per heavy atom. The van der Waals surface area contributed by atoms with E-state index in [1.807, 2.05) is 26.0 Å². The Bertz CT molecular complexity index is 1400. The number of morpholine rings is 1. The number of phenols is 1. The van der Waals surface area contributed by atoms with Crippen molar-refractivity contribution < 1.29 is 23.8 Å². The normalized spacial score (nSPS) is 18.2. The van der Waals surface area contributed by atoms with Crippen LogP contribution in [0.4, 0.5) is 0 Å². The molecule has 36 heavy (non-hydrogen) atoms. The number of phenolic OH excluding ortho intramolecular Hbond substituents is 1. The molecule has 1 unspecified atom stereocenters. The fourth-order valence-electron chi connectivity index (χ4n) is 5.05. The van der Waals surface area contributed by atoms with Crippen molar-refractivity contribution in [1.82, 2.24) is 9.80 Å². The zero-order valence-electron chi connectivity index (χ0n) is 20.6. The van der Waals surface area contributed by atoms with Crippen LogP contribution in [0.5, 0.6) is 11.5 Å². The highest BCUT2D eigenvalue weighted by Crippen LogP contribution is 2.43. The molecule has 0 radical (unpaired) electrons. The van der Waals surface area contributed by atoms with Crippen LogP contribution in [0, 0.1) is 13.8 Å². The number of halogens is 1. The zero-order chi connectivity index (χ0) is 25.6. The number of ether oxygens (including phenoxy) is 2. The van der Waals surface area contributed by atoms with E-state index in [1.165, 1.54) is 7.11 Å². The molecule has 0 saturated carbocycles. The lowest BCUT2D eigenvalue weighted by Crippen LogP contribution is -2.38. The highest BCUT2D eigenvalue weighted by molar-refractivity contribution is 9.10. The molecule has 1 saturated heterocycles. The fraction of sp³-hybridized carbons (Fsp3) is 0.407. The average molecular weight is 557 g/mol. The number of aryl methyl sites for hydroxylation is 2. The van der Waals surface area contributed by atoms with Gasteiger partial charge in [-0.25, -0.2) is 0 Å². The summed E-state index contributed by atoms with van der Waals surface area (Å²) in [6, 6.07) is 6.38. The Morgan fingerprint density at radius 1 is 1.08 bits per heavy atom. The van der Waals surface area contributed by atoms with Crippen molar-refractivity contribution in [2.75, 3.05) is 46.5 Å². The molecule has 1 amide bonds. The maximum atomic E-state index is 13.8. The minimum Gasteiger partial charge on any atom is -0.503 e. The summed E-state index contributed by atoms with van der Waals surface area (Å²) in [4.78, 5) is 31.5. The van der Waals surface area contributed by atoms with Crippen molar-refractivity contribution in [3.8, 4) is 11.5 Å². The molecule has 2 aliphatic rings. The number of hydrogen-bond donors (Lipinski definition) is 1. The molecule has 1 atom stereocenters. The topological polar surface area (TPSA) is 92.5 Å². The molecule has 0 aliphatic carbocycles. The molecule has 190 valence electrons. The zero-order valence-corrected chi connectivity index (χ0v) is 22.2. The Morgan fingerprint density at radius 2 is 1.81 bits per heavy atom. The number of rotatable bonds is 6. The number of hydrogen-bond acceptors (Lipinski definition) is 7. The maximum Gasteiger partial charge on any atom is 0.290 e. The molecule has 0 spiro atoms. The summed E-state index contributed by atoms with van der Waals surface area (Å²) in [5.41, 5.74) is 3.14. The van der Waals surface area contributed by atoms with Crippen molar-refractivity contribution in [2.45, 2.75) is 26.3 Å². The molecule has 1 fully saturated rings. The third-order valence-corrected chi connectivity index (χ3v) is 7.75. The standard InChI is InChI=1S/C27H29BrN2O6/c1-15-11-18-20(12-16(15)2)36-26-22(24(18)31)23(17-13-19(28)25(32)21(14-17)34-3)30(27(26)33)6-4-5-29-7-9-35-10-8-29/h11-14,23,32H,4-10H2,1-3H3. The first kappa shape index (κ1) is 24.8. The highest BCUT2D eigenvalue weighted by atomic mass is 79.9. The Kier molecular flexibility index (Phi) is 6.80. The van der Waals surface area contributed by atoms with Crippen LogP contribution in [-0.2, 0) is 4.74 Å². The van der Waals surface area contributed by atoms with Gasteiger partial charge in [0.05, 0.1) is 41.8 Å². The first-order chi connectivity index (χ1) is 17.3. The molecule has 8 nitrogen and oxygen atoms in total. The molecule has 1 N–H and O–H groups in total. The quantitative estimate of drug-likeness (QED) is 0.487. The van der Waals surface area contributed by atoms with Crippen molar-refractivity contribution in [3.05, 3.63) is 67.0 Å². The van der Waals surface area contributed by atoms with E-state index in [0.717, 1.165) is 37.2 Å². The van der Waals surface area contributed by atoms with Crippen LogP contribution in [0.15, 0.2) is 37.9 Å². The largest absolute Gasteiger partial charge is 0.503 e. The van der Waals surface area contributed by atoms with Gasteiger partial charge in [0.25, 0.3) is 5.91 Å². The molecule has 3 heterocycles. The van der Waals surface area contributed by atoms with Gasteiger partial charge < -0.3 is 23.9 Å². The highest BCUT2D eigenvalue weighted by Gasteiger charge is 2.43. The van der Waals surface area contributed by atoms with Gasteiger partial charge in [-0.15, -0.1) is 0 Å². The van der Waals surface area contributed by atoms with Gasteiger partial charge in [0.2, 0.25) is 5.76 Å². The molecule has 1 aromatic heterocycles. The van der Waals surface area contributed by atoms with Crippen LogP contribution >= 0.6 is 15.9 Å². The first-order valence-electron chi connectivity index (χ1n) is 12.1. The fourth-order valence-corrected chi connectivity index (χ4v) is 5.51. The van der Waals surface area contributed by atoms with Gasteiger partial charge in [-0.2, -0.15) is 0 Å². The monoisotopic (exact) mass is 556 g/mol.